The van der Waals surface area contributed by atoms with Gasteiger partial charge < -0.3 is 20.0 Å². The molecule has 0 aromatic heterocycles. The third kappa shape index (κ3) is 3.07. The minimum atomic E-state index is -1.25. The number of fused-ring (bicyclic) bond motifs is 1. The van der Waals surface area contributed by atoms with Gasteiger partial charge in [-0.2, -0.15) is 0 Å². The van der Waals surface area contributed by atoms with Crippen molar-refractivity contribution in [2.75, 3.05) is 6.54 Å². The highest BCUT2D eigenvalue weighted by atomic mass is 16.4. The summed E-state index contributed by atoms with van der Waals surface area (Å²) in [6.45, 7) is 5.47. The standard InChI is InChI=1S/C19H24N2O5/c1-11(2)15(20-9-12-6-4-5-7-13(12)16(20)22)17(23)21-10-19(3,26)8-14(21)18(24)25/h4-7,11,14-15,26H,8-10H2,1-3H3,(H,24,25)/t14-,15-,19-/m0/s1. The summed E-state index contributed by atoms with van der Waals surface area (Å²) in [5.41, 5.74) is 0.186. The lowest BCUT2D eigenvalue weighted by atomic mass is 10.0. The van der Waals surface area contributed by atoms with Crippen molar-refractivity contribution >= 4 is 17.8 Å². The minimum Gasteiger partial charge on any atom is -0.480 e. The highest BCUT2D eigenvalue weighted by Crippen LogP contribution is 2.32. The van der Waals surface area contributed by atoms with Crippen molar-refractivity contribution in [2.24, 2.45) is 5.92 Å². The predicted molar refractivity (Wildman–Crippen MR) is 93.3 cm³/mol. The van der Waals surface area contributed by atoms with E-state index in [0.29, 0.717) is 12.1 Å². The number of carbonyl (C=O) groups excluding carboxylic acids is 2. The molecule has 2 N–H and O–H groups in total. The zero-order valence-corrected chi connectivity index (χ0v) is 15.2. The highest BCUT2D eigenvalue weighted by molar-refractivity contribution is 6.01. The number of carbonyl (C=O) groups is 3. The number of carboxylic acids is 1. The maximum Gasteiger partial charge on any atom is 0.326 e. The Morgan fingerprint density at radius 1 is 1.27 bits per heavy atom. The largest absolute Gasteiger partial charge is 0.480 e. The molecular weight excluding hydrogens is 336 g/mol. The number of nitrogens with zero attached hydrogens (tertiary/aromatic N) is 2. The molecule has 0 unspecified atom stereocenters. The van der Waals surface area contributed by atoms with Crippen LogP contribution >= 0.6 is 0 Å². The third-order valence-corrected chi connectivity index (χ3v) is 5.16. The van der Waals surface area contributed by atoms with Gasteiger partial charge in [0.05, 0.1) is 12.1 Å². The first kappa shape index (κ1) is 18.4. The SMILES string of the molecule is CC(C)[C@@H](C(=O)N1C[C@@](C)(O)C[C@H]1C(=O)O)N1Cc2ccccc2C1=O. The molecule has 7 heteroatoms. The van der Waals surface area contributed by atoms with E-state index >= 15 is 0 Å². The van der Waals surface area contributed by atoms with Crippen molar-refractivity contribution in [3.8, 4) is 0 Å². The zero-order valence-electron chi connectivity index (χ0n) is 15.2. The highest BCUT2D eigenvalue weighted by Gasteiger charge is 2.49. The average molecular weight is 360 g/mol. The summed E-state index contributed by atoms with van der Waals surface area (Å²) in [4.78, 5) is 40.3. The Balaban J connectivity index is 1.91. The van der Waals surface area contributed by atoms with Gasteiger partial charge in [0.15, 0.2) is 0 Å². The summed E-state index contributed by atoms with van der Waals surface area (Å²) in [6, 6.07) is 5.37. The van der Waals surface area contributed by atoms with Crippen molar-refractivity contribution in [2.45, 2.75) is 51.4 Å². The van der Waals surface area contributed by atoms with Crippen LogP contribution in [0.5, 0.6) is 0 Å². The van der Waals surface area contributed by atoms with E-state index in [0.717, 1.165) is 5.56 Å². The Hall–Kier alpha value is -2.41. The monoisotopic (exact) mass is 360 g/mol. The molecule has 1 saturated heterocycles. The molecule has 2 heterocycles. The van der Waals surface area contributed by atoms with Gasteiger partial charge in [0, 0.05) is 18.5 Å². The number of hydrogen-bond acceptors (Lipinski definition) is 4. The molecule has 0 radical (unpaired) electrons. The molecule has 3 rings (SSSR count). The topological polar surface area (TPSA) is 98.2 Å². The van der Waals surface area contributed by atoms with E-state index in [1.807, 2.05) is 26.0 Å². The number of carboxylic acid groups (broad SMARTS) is 1. The fourth-order valence-corrected chi connectivity index (χ4v) is 3.97. The number of benzene rings is 1. The second kappa shape index (κ2) is 6.39. The molecule has 2 aliphatic heterocycles. The van der Waals surface area contributed by atoms with Gasteiger partial charge >= 0.3 is 5.97 Å². The zero-order chi connectivity index (χ0) is 19.2. The molecule has 1 aromatic rings. The van der Waals surface area contributed by atoms with Crippen LogP contribution in [0.25, 0.3) is 0 Å². The molecular formula is C19H24N2O5. The van der Waals surface area contributed by atoms with Crippen LogP contribution in [0.15, 0.2) is 24.3 Å². The van der Waals surface area contributed by atoms with E-state index in [1.54, 1.807) is 12.1 Å². The normalized spacial score (nSPS) is 26.3. The molecule has 0 bridgehead atoms. The van der Waals surface area contributed by atoms with Gasteiger partial charge in [-0.25, -0.2) is 4.79 Å². The van der Waals surface area contributed by atoms with Crippen molar-refractivity contribution in [3.63, 3.8) is 0 Å². The minimum absolute atomic E-state index is 0.0208. The maximum absolute atomic E-state index is 13.2. The van der Waals surface area contributed by atoms with Crippen molar-refractivity contribution in [1.29, 1.82) is 0 Å². The van der Waals surface area contributed by atoms with Crippen LogP contribution in [-0.4, -0.2) is 62.0 Å². The van der Waals surface area contributed by atoms with Crippen molar-refractivity contribution in [1.82, 2.24) is 9.80 Å². The van der Waals surface area contributed by atoms with E-state index < -0.39 is 29.6 Å². The second-order valence-electron chi connectivity index (χ2n) is 7.80. The van der Waals surface area contributed by atoms with Crippen LogP contribution in [0.3, 0.4) is 0 Å². The molecule has 0 spiro atoms. The Labute approximate surface area is 152 Å². The van der Waals surface area contributed by atoms with Crippen LogP contribution < -0.4 is 0 Å². The molecule has 140 valence electrons. The molecule has 1 fully saturated rings. The van der Waals surface area contributed by atoms with Crippen molar-refractivity contribution < 1.29 is 24.6 Å². The van der Waals surface area contributed by atoms with Crippen LogP contribution in [0, 0.1) is 5.92 Å². The van der Waals surface area contributed by atoms with Gasteiger partial charge in [-0.1, -0.05) is 32.0 Å². The Kier molecular flexibility index (Phi) is 4.52. The van der Waals surface area contributed by atoms with E-state index in [2.05, 4.69) is 0 Å². The summed E-state index contributed by atoms with van der Waals surface area (Å²) < 4.78 is 0. The molecule has 2 amide bonds. The fraction of sp³-hybridized carbons (Fsp3) is 0.526. The Bertz CT molecular complexity index is 758. The van der Waals surface area contributed by atoms with Crippen LogP contribution in [0.4, 0.5) is 0 Å². The summed E-state index contributed by atoms with van der Waals surface area (Å²) >= 11 is 0. The van der Waals surface area contributed by atoms with Crippen LogP contribution in [0.2, 0.25) is 0 Å². The van der Waals surface area contributed by atoms with E-state index in [4.69, 9.17) is 0 Å². The number of aliphatic carboxylic acids is 1. The molecule has 3 atom stereocenters. The van der Waals surface area contributed by atoms with Gasteiger partial charge in [-0.3, -0.25) is 9.59 Å². The molecule has 1 aromatic carbocycles. The number of likely N-dealkylation sites (tertiary alicyclic amines) is 1. The van der Waals surface area contributed by atoms with Gasteiger partial charge in [0.25, 0.3) is 5.91 Å². The first-order chi connectivity index (χ1) is 12.1. The number of rotatable bonds is 4. The van der Waals surface area contributed by atoms with Gasteiger partial charge in [0.2, 0.25) is 5.91 Å². The first-order valence-corrected chi connectivity index (χ1v) is 8.77. The molecule has 26 heavy (non-hydrogen) atoms. The number of aliphatic hydroxyl groups is 1. The molecule has 7 nitrogen and oxygen atoms in total. The third-order valence-electron chi connectivity index (χ3n) is 5.16. The van der Waals surface area contributed by atoms with E-state index in [9.17, 15) is 24.6 Å². The summed E-state index contributed by atoms with van der Waals surface area (Å²) in [5, 5.41) is 19.7. The average Bonchev–Trinajstić information content (AvgIpc) is 3.05. The first-order valence-electron chi connectivity index (χ1n) is 8.77. The van der Waals surface area contributed by atoms with Crippen LogP contribution in [-0.2, 0) is 16.1 Å². The quantitative estimate of drug-likeness (QED) is 0.838. The summed E-state index contributed by atoms with van der Waals surface area (Å²) in [5.74, 6) is -1.98. The Morgan fingerprint density at radius 2 is 1.92 bits per heavy atom. The predicted octanol–water partition coefficient (Wildman–Crippen LogP) is 1.10. The van der Waals surface area contributed by atoms with Crippen LogP contribution in [0.1, 0.15) is 43.1 Å². The Morgan fingerprint density at radius 3 is 2.50 bits per heavy atom. The summed E-state index contributed by atoms with van der Waals surface area (Å²) in [6.07, 6.45) is -0.0208. The lowest BCUT2D eigenvalue weighted by molar-refractivity contribution is -0.150. The molecule has 0 saturated carbocycles. The number of hydrogen-bond donors (Lipinski definition) is 2. The molecule has 0 aliphatic carbocycles. The number of β-amino-alcohol motifs (C(OH)–C–C–N with tert-alkyl or cyclic N) is 1. The molecule has 2 aliphatic rings. The lowest BCUT2D eigenvalue weighted by Crippen LogP contribution is -2.54. The van der Waals surface area contributed by atoms with Crippen molar-refractivity contribution in [3.05, 3.63) is 35.4 Å². The maximum atomic E-state index is 13.2. The smallest absolute Gasteiger partial charge is 0.326 e. The summed E-state index contributed by atoms with van der Waals surface area (Å²) in [7, 11) is 0. The van der Waals surface area contributed by atoms with Gasteiger partial charge in [0.1, 0.15) is 12.1 Å². The lowest BCUT2D eigenvalue weighted by Gasteiger charge is -2.34. The number of amides is 2. The van der Waals surface area contributed by atoms with Gasteiger partial charge in [-0.15, -0.1) is 0 Å². The van der Waals surface area contributed by atoms with E-state index in [1.165, 1.54) is 16.7 Å². The second-order valence-corrected chi connectivity index (χ2v) is 7.80. The van der Waals surface area contributed by atoms with E-state index in [-0.39, 0.29) is 24.8 Å². The fourth-order valence-electron chi connectivity index (χ4n) is 3.97. The van der Waals surface area contributed by atoms with Gasteiger partial charge in [-0.05, 0) is 24.5 Å².